The number of hydrogen-bond donors (Lipinski definition) is 0. The van der Waals surface area contributed by atoms with Crippen molar-refractivity contribution in [2.45, 2.75) is 5.75 Å². The van der Waals surface area contributed by atoms with Crippen LogP contribution in [0.5, 0.6) is 5.75 Å². The van der Waals surface area contributed by atoms with Gasteiger partial charge in [0.25, 0.3) is 0 Å². The summed E-state index contributed by atoms with van der Waals surface area (Å²) in [6.07, 6.45) is 0. The smallest absolute Gasteiger partial charge is 0.313 e. The fourth-order valence-electron chi connectivity index (χ4n) is 2.50. The summed E-state index contributed by atoms with van der Waals surface area (Å²) in [5.74, 6) is -0.0174. The van der Waals surface area contributed by atoms with Crippen molar-refractivity contribution in [2.24, 2.45) is 0 Å². The molecule has 0 fully saturated rings. The lowest BCUT2D eigenvalue weighted by Gasteiger charge is -2.12. The van der Waals surface area contributed by atoms with Crippen LogP contribution in [0.1, 0.15) is 11.1 Å². The van der Waals surface area contributed by atoms with Crippen molar-refractivity contribution in [2.75, 3.05) is 0 Å². The molecule has 0 unspecified atom stereocenters. The van der Waals surface area contributed by atoms with E-state index in [0.717, 1.165) is 5.56 Å². The lowest BCUT2D eigenvalue weighted by molar-refractivity contribution is 0.486. The van der Waals surface area contributed by atoms with Gasteiger partial charge in [-0.3, -0.25) is 0 Å². The second-order valence-electron chi connectivity index (χ2n) is 5.46. The van der Waals surface area contributed by atoms with E-state index in [1.807, 2.05) is 48.5 Å². The van der Waals surface area contributed by atoms with Gasteiger partial charge in [0.1, 0.15) is 11.5 Å². The molecular weight excluding hydrogens is 334 g/mol. The molecule has 3 aromatic rings. The topological polar surface area (TPSA) is 67.2 Å². The fourth-order valence-corrected chi connectivity index (χ4v) is 3.56. The lowest BCUT2D eigenvalue weighted by Crippen LogP contribution is -2.12. The van der Waals surface area contributed by atoms with Crippen LogP contribution in [-0.2, 0) is 15.9 Å². The zero-order valence-corrected chi connectivity index (χ0v) is 14.1. The van der Waals surface area contributed by atoms with Crippen LogP contribution < -0.4 is 4.18 Å². The van der Waals surface area contributed by atoms with Crippen LogP contribution in [0, 0.1) is 11.3 Å². The monoisotopic (exact) mass is 349 g/mol. The van der Waals surface area contributed by atoms with Gasteiger partial charge in [0.2, 0.25) is 0 Å². The molecule has 3 aromatic carbocycles. The molecule has 0 aliphatic carbocycles. The van der Waals surface area contributed by atoms with Crippen LogP contribution in [-0.4, -0.2) is 8.42 Å². The molecule has 0 spiro atoms. The van der Waals surface area contributed by atoms with Crippen LogP contribution in [0.25, 0.3) is 11.1 Å². The Labute approximate surface area is 147 Å². The second kappa shape index (κ2) is 7.20. The summed E-state index contributed by atoms with van der Waals surface area (Å²) in [4.78, 5) is 0. The van der Waals surface area contributed by atoms with Gasteiger partial charge in [-0.2, -0.15) is 13.7 Å². The summed E-state index contributed by atoms with van der Waals surface area (Å²) in [7, 11) is -3.85. The van der Waals surface area contributed by atoms with E-state index in [1.165, 1.54) is 0 Å². The van der Waals surface area contributed by atoms with Crippen LogP contribution in [0.15, 0.2) is 78.9 Å². The standard InChI is InChI=1S/C20H15NO3S/c21-14-16-7-6-8-17(13-16)15-25(22,23)24-20-12-5-4-11-19(20)18-9-2-1-3-10-18/h1-13H,15H2. The van der Waals surface area contributed by atoms with Crippen molar-refractivity contribution >= 4 is 10.1 Å². The lowest BCUT2D eigenvalue weighted by atomic mass is 10.1. The number of rotatable bonds is 5. The van der Waals surface area contributed by atoms with Gasteiger partial charge in [0.05, 0.1) is 11.6 Å². The quantitative estimate of drug-likeness (QED) is 0.650. The highest BCUT2D eigenvalue weighted by atomic mass is 32.2. The van der Waals surface area contributed by atoms with Gasteiger partial charge in [0.15, 0.2) is 0 Å². The Hall–Kier alpha value is -3.10. The van der Waals surface area contributed by atoms with E-state index in [0.29, 0.717) is 16.7 Å². The van der Waals surface area contributed by atoms with Crippen molar-refractivity contribution in [1.82, 2.24) is 0 Å². The first-order valence-electron chi connectivity index (χ1n) is 7.63. The van der Waals surface area contributed by atoms with Gasteiger partial charge < -0.3 is 4.18 Å². The Morgan fingerprint density at radius 3 is 2.36 bits per heavy atom. The molecular formula is C20H15NO3S. The van der Waals surface area contributed by atoms with Gasteiger partial charge in [-0.05, 0) is 29.3 Å². The predicted molar refractivity (Wildman–Crippen MR) is 96.3 cm³/mol. The van der Waals surface area contributed by atoms with Gasteiger partial charge in [-0.25, -0.2) is 0 Å². The van der Waals surface area contributed by atoms with Crippen molar-refractivity contribution < 1.29 is 12.6 Å². The molecule has 0 radical (unpaired) electrons. The molecule has 0 aliphatic rings. The summed E-state index contributed by atoms with van der Waals surface area (Å²) in [5, 5.41) is 8.93. The van der Waals surface area contributed by atoms with Crippen LogP contribution in [0.3, 0.4) is 0 Å². The number of para-hydroxylation sites is 1. The zero-order valence-electron chi connectivity index (χ0n) is 13.3. The maximum absolute atomic E-state index is 12.4. The molecule has 4 nitrogen and oxygen atoms in total. The number of nitrogens with zero attached hydrogens (tertiary/aromatic N) is 1. The minimum absolute atomic E-state index is 0.283. The first kappa shape index (κ1) is 16.7. The summed E-state index contributed by atoms with van der Waals surface area (Å²) in [5.41, 5.74) is 2.51. The Morgan fingerprint density at radius 2 is 1.60 bits per heavy atom. The molecule has 5 heteroatoms. The summed E-state index contributed by atoms with van der Waals surface area (Å²) >= 11 is 0. The minimum atomic E-state index is -3.85. The number of hydrogen-bond acceptors (Lipinski definition) is 4. The second-order valence-corrected chi connectivity index (χ2v) is 7.03. The zero-order chi connectivity index (χ0) is 17.7. The van der Waals surface area contributed by atoms with Crippen molar-refractivity contribution in [3.63, 3.8) is 0 Å². The molecule has 0 amide bonds. The summed E-state index contributed by atoms with van der Waals surface area (Å²) < 4.78 is 30.2. The van der Waals surface area contributed by atoms with Crippen molar-refractivity contribution in [1.29, 1.82) is 5.26 Å². The Balaban J connectivity index is 1.88. The molecule has 0 heterocycles. The van der Waals surface area contributed by atoms with Gasteiger partial charge in [-0.15, -0.1) is 0 Å². The van der Waals surface area contributed by atoms with Crippen molar-refractivity contribution in [3.05, 3.63) is 90.0 Å². The van der Waals surface area contributed by atoms with Gasteiger partial charge >= 0.3 is 10.1 Å². The summed E-state index contributed by atoms with van der Waals surface area (Å²) in [6, 6.07) is 24.9. The maximum Gasteiger partial charge on any atom is 0.313 e. The molecule has 0 N–H and O–H groups in total. The Bertz CT molecular complexity index is 1020. The van der Waals surface area contributed by atoms with Crippen molar-refractivity contribution in [3.8, 4) is 22.9 Å². The normalized spacial score (nSPS) is 10.8. The van der Waals surface area contributed by atoms with E-state index < -0.39 is 10.1 Å². The number of nitriles is 1. The number of benzene rings is 3. The first-order chi connectivity index (χ1) is 12.1. The Kier molecular flexibility index (Phi) is 4.82. The third-order valence-corrected chi connectivity index (χ3v) is 4.71. The minimum Gasteiger partial charge on any atom is -0.382 e. The molecule has 0 atom stereocenters. The average Bonchev–Trinajstić information content (AvgIpc) is 2.62. The van der Waals surface area contributed by atoms with E-state index in [2.05, 4.69) is 0 Å². The highest BCUT2D eigenvalue weighted by Crippen LogP contribution is 2.31. The molecule has 0 bridgehead atoms. The van der Waals surface area contributed by atoms with E-state index in [-0.39, 0.29) is 11.5 Å². The predicted octanol–water partition coefficient (Wildman–Crippen LogP) is 4.13. The van der Waals surface area contributed by atoms with Gasteiger partial charge in [-0.1, -0.05) is 60.7 Å². The van der Waals surface area contributed by atoms with Gasteiger partial charge in [0, 0.05) is 5.56 Å². The molecule has 0 aliphatic heterocycles. The van der Waals surface area contributed by atoms with Crippen LogP contribution in [0.4, 0.5) is 0 Å². The Morgan fingerprint density at radius 1 is 0.880 bits per heavy atom. The van der Waals surface area contributed by atoms with Crippen LogP contribution >= 0.6 is 0 Å². The molecule has 0 saturated carbocycles. The fraction of sp³-hybridized carbons (Fsp3) is 0.0500. The third-order valence-electron chi connectivity index (χ3n) is 3.59. The molecule has 0 saturated heterocycles. The summed E-state index contributed by atoms with van der Waals surface area (Å²) in [6.45, 7) is 0. The SMILES string of the molecule is N#Cc1cccc(CS(=O)(=O)Oc2ccccc2-c2ccccc2)c1. The van der Waals surface area contributed by atoms with E-state index >= 15 is 0 Å². The van der Waals surface area contributed by atoms with E-state index in [1.54, 1.807) is 36.4 Å². The first-order valence-corrected chi connectivity index (χ1v) is 9.21. The van der Waals surface area contributed by atoms with Crippen LogP contribution in [0.2, 0.25) is 0 Å². The van der Waals surface area contributed by atoms with E-state index in [9.17, 15) is 8.42 Å². The molecule has 25 heavy (non-hydrogen) atoms. The molecule has 0 aromatic heterocycles. The highest BCUT2D eigenvalue weighted by molar-refractivity contribution is 7.86. The molecule has 3 rings (SSSR count). The largest absolute Gasteiger partial charge is 0.382 e. The third kappa shape index (κ3) is 4.25. The maximum atomic E-state index is 12.4. The molecule has 124 valence electrons. The van der Waals surface area contributed by atoms with E-state index in [4.69, 9.17) is 9.44 Å². The highest BCUT2D eigenvalue weighted by Gasteiger charge is 2.17. The average molecular weight is 349 g/mol.